The van der Waals surface area contributed by atoms with Gasteiger partial charge in [0.15, 0.2) is 0 Å². The van der Waals surface area contributed by atoms with Crippen molar-refractivity contribution in [2.45, 2.75) is 45.2 Å². The van der Waals surface area contributed by atoms with Crippen LogP contribution in [-0.2, 0) is 6.42 Å². The quantitative estimate of drug-likeness (QED) is 0.793. The first kappa shape index (κ1) is 10.1. The van der Waals surface area contributed by atoms with Crippen molar-refractivity contribution in [3.8, 4) is 0 Å². The van der Waals surface area contributed by atoms with E-state index in [-0.39, 0.29) is 5.56 Å². The standard InChI is InChI=1S/C12H19N3O/c1-7(2)11-10-9(12(16)14-13-10)5-6-15(11)8-3-4-8/h7-8,11H,3-6H2,1-2H3,(H2,13,14,16). The zero-order valence-electron chi connectivity index (χ0n) is 9.92. The molecule has 4 nitrogen and oxygen atoms in total. The Labute approximate surface area is 95.0 Å². The van der Waals surface area contributed by atoms with Crippen LogP contribution in [0.3, 0.4) is 0 Å². The van der Waals surface area contributed by atoms with Gasteiger partial charge in [-0.2, -0.15) is 0 Å². The molecule has 1 aromatic rings. The molecule has 88 valence electrons. The summed E-state index contributed by atoms with van der Waals surface area (Å²) in [7, 11) is 0. The first-order valence-electron chi connectivity index (χ1n) is 6.23. The summed E-state index contributed by atoms with van der Waals surface area (Å²) >= 11 is 0. The average Bonchev–Trinajstić information content (AvgIpc) is 3.03. The summed E-state index contributed by atoms with van der Waals surface area (Å²) in [4.78, 5) is 14.2. The van der Waals surface area contributed by atoms with Crippen molar-refractivity contribution in [3.63, 3.8) is 0 Å². The van der Waals surface area contributed by atoms with Crippen molar-refractivity contribution in [2.75, 3.05) is 6.54 Å². The number of rotatable bonds is 2. The van der Waals surface area contributed by atoms with Crippen molar-refractivity contribution in [2.24, 2.45) is 5.92 Å². The molecule has 1 fully saturated rings. The van der Waals surface area contributed by atoms with Crippen LogP contribution in [0.5, 0.6) is 0 Å². The van der Waals surface area contributed by atoms with Crippen molar-refractivity contribution in [1.82, 2.24) is 15.1 Å². The molecule has 1 atom stereocenters. The number of aromatic nitrogens is 2. The Bertz CT molecular complexity index is 441. The van der Waals surface area contributed by atoms with Gasteiger partial charge in [0, 0.05) is 18.2 Å². The summed E-state index contributed by atoms with van der Waals surface area (Å²) in [5.74, 6) is 0.547. The van der Waals surface area contributed by atoms with E-state index >= 15 is 0 Å². The summed E-state index contributed by atoms with van der Waals surface area (Å²) < 4.78 is 0. The van der Waals surface area contributed by atoms with Gasteiger partial charge >= 0.3 is 0 Å². The van der Waals surface area contributed by atoms with Crippen LogP contribution >= 0.6 is 0 Å². The highest BCUT2D eigenvalue weighted by Gasteiger charge is 2.40. The maximum Gasteiger partial charge on any atom is 0.267 e. The zero-order chi connectivity index (χ0) is 11.3. The molecule has 2 aliphatic rings. The first-order chi connectivity index (χ1) is 7.68. The third-order valence-corrected chi connectivity index (χ3v) is 3.83. The zero-order valence-corrected chi connectivity index (χ0v) is 9.92. The molecule has 0 amide bonds. The minimum atomic E-state index is 0.0797. The van der Waals surface area contributed by atoms with Gasteiger partial charge in [-0.1, -0.05) is 13.8 Å². The maximum absolute atomic E-state index is 11.6. The third-order valence-electron chi connectivity index (χ3n) is 3.83. The van der Waals surface area contributed by atoms with Crippen LogP contribution in [0, 0.1) is 5.92 Å². The Balaban J connectivity index is 2.01. The summed E-state index contributed by atoms with van der Waals surface area (Å²) in [6.45, 7) is 5.52. The molecule has 0 aromatic carbocycles. The SMILES string of the molecule is CC(C)C1c2[nH][nH]c(=O)c2CCN1C1CC1. The van der Waals surface area contributed by atoms with E-state index in [1.807, 2.05) is 0 Å². The van der Waals surface area contributed by atoms with Gasteiger partial charge in [-0.05, 0) is 25.2 Å². The second-order valence-corrected chi connectivity index (χ2v) is 5.38. The van der Waals surface area contributed by atoms with Crippen LogP contribution in [0.15, 0.2) is 4.79 Å². The highest BCUT2D eigenvalue weighted by molar-refractivity contribution is 5.25. The average molecular weight is 221 g/mol. The van der Waals surface area contributed by atoms with E-state index in [4.69, 9.17) is 0 Å². The van der Waals surface area contributed by atoms with E-state index < -0.39 is 0 Å². The number of H-pyrrole nitrogens is 2. The minimum absolute atomic E-state index is 0.0797. The van der Waals surface area contributed by atoms with Crippen LogP contribution in [-0.4, -0.2) is 27.7 Å². The molecule has 0 saturated heterocycles. The molecule has 0 radical (unpaired) electrons. The van der Waals surface area contributed by atoms with Gasteiger partial charge in [0.05, 0.1) is 11.7 Å². The lowest BCUT2D eigenvalue weighted by atomic mass is 9.91. The van der Waals surface area contributed by atoms with Crippen LogP contribution in [0.1, 0.15) is 44.0 Å². The molecule has 1 saturated carbocycles. The van der Waals surface area contributed by atoms with Crippen LogP contribution in [0.2, 0.25) is 0 Å². The predicted octanol–water partition coefficient (Wildman–Crippen LogP) is 1.42. The molecule has 1 aromatic heterocycles. The molecule has 0 bridgehead atoms. The summed E-state index contributed by atoms with van der Waals surface area (Å²) in [6, 6.07) is 1.16. The molecule has 2 N–H and O–H groups in total. The molecule has 1 aliphatic heterocycles. The fourth-order valence-corrected chi connectivity index (χ4v) is 2.98. The Morgan fingerprint density at radius 1 is 1.31 bits per heavy atom. The number of hydrogen-bond acceptors (Lipinski definition) is 2. The van der Waals surface area contributed by atoms with E-state index in [1.165, 1.54) is 12.8 Å². The second kappa shape index (κ2) is 3.48. The van der Waals surface area contributed by atoms with E-state index in [2.05, 4.69) is 28.9 Å². The van der Waals surface area contributed by atoms with Crippen molar-refractivity contribution < 1.29 is 0 Å². The van der Waals surface area contributed by atoms with Crippen molar-refractivity contribution in [3.05, 3.63) is 21.6 Å². The number of fused-ring (bicyclic) bond motifs is 1. The maximum atomic E-state index is 11.6. The van der Waals surface area contributed by atoms with Gasteiger partial charge < -0.3 is 5.10 Å². The van der Waals surface area contributed by atoms with Crippen LogP contribution in [0.4, 0.5) is 0 Å². The molecule has 4 heteroatoms. The van der Waals surface area contributed by atoms with Gasteiger partial charge in [-0.3, -0.25) is 14.8 Å². The highest BCUT2D eigenvalue weighted by Crippen LogP contribution is 2.40. The monoisotopic (exact) mass is 221 g/mol. The minimum Gasteiger partial charge on any atom is -0.300 e. The topological polar surface area (TPSA) is 51.9 Å². The van der Waals surface area contributed by atoms with Gasteiger partial charge in [-0.15, -0.1) is 0 Å². The number of hydrogen-bond donors (Lipinski definition) is 2. The number of aromatic amines is 2. The van der Waals surface area contributed by atoms with Gasteiger partial charge in [0.2, 0.25) is 0 Å². The van der Waals surface area contributed by atoms with Gasteiger partial charge in [0.1, 0.15) is 0 Å². The van der Waals surface area contributed by atoms with Crippen molar-refractivity contribution in [1.29, 1.82) is 0 Å². The Morgan fingerprint density at radius 3 is 2.69 bits per heavy atom. The lowest BCUT2D eigenvalue weighted by Crippen LogP contribution is -2.40. The summed E-state index contributed by atoms with van der Waals surface area (Å²) in [6.07, 6.45) is 3.55. The number of nitrogens with one attached hydrogen (secondary N) is 2. The fraction of sp³-hybridized carbons (Fsp3) is 0.750. The lowest BCUT2D eigenvalue weighted by molar-refractivity contribution is 0.131. The molecular weight excluding hydrogens is 202 g/mol. The molecule has 2 heterocycles. The molecular formula is C12H19N3O. The fourth-order valence-electron chi connectivity index (χ4n) is 2.98. The lowest BCUT2D eigenvalue weighted by Gasteiger charge is -2.37. The molecule has 1 aliphatic carbocycles. The van der Waals surface area contributed by atoms with Crippen LogP contribution in [0.25, 0.3) is 0 Å². The van der Waals surface area contributed by atoms with E-state index in [9.17, 15) is 4.79 Å². The molecule has 1 unspecified atom stereocenters. The van der Waals surface area contributed by atoms with Crippen molar-refractivity contribution >= 4 is 0 Å². The predicted molar refractivity (Wildman–Crippen MR) is 62.4 cm³/mol. The normalized spacial score (nSPS) is 26.1. The van der Waals surface area contributed by atoms with E-state index in [0.717, 1.165) is 30.3 Å². The Hall–Kier alpha value is -1.03. The van der Waals surface area contributed by atoms with Gasteiger partial charge in [-0.25, -0.2) is 0 Å². The van der Waals surface area contributed by atoms with Gasteiger partial charge in [0.25, 0.3) is 5.56 Å². The summed E-state index contributed by atoms with van der Waals surface area (Å²) in [5.41, 5.74) is 2.20. The third kappa shape index (κ3) is 1.44. The van der Waals surface area contributed by atoms with E-state index in [0.29, 0.717) is 12.0 Å². The Morgan fingerprint density at radius 2 is 2.06 bits per heavy atom. The number of nitrogens with zero attached hydrogens (tertiary/aromatic N) is 1. The van der Waals surface area contributed by atoms with Crippen LogP contribution < -0.4 is 5.56 Å². The highest BCUT2D eigenvalue weighted by atomic mass is 16.1. The summed E-state index contributed by atoms with van der Waals surface area (Å²) in [5, 5.41) is 5.83. The first-order valence-corrected chi connectivity index (χ1v) is 6.23. The smallest absolute Gasteiger partial charge is 0.267 e. The molecule has 16 heavy (non-hydrogen) atoms. The largest absolute Gasteiger partial charge is 0.300 e. The second-order valence-electron chi connectivity index (χ2n) is 5.38. The van der Waals surface area contributed by atoms with E-state index in [1.54, 1.807) is 0 Å². The molecule has 0 spiro atoms. The molecule has 3 rings (SSSR count). The Kier molecular flexibility index (Phi) is 2.21.